The SMILES string of the molecule is Cc1cc(N2CC(C)C(=O)NC2=O)cc(C)c1Br. The van der Waals surface area contributed by atoms with Crippen molar-refractivity contribution in [1.82, 2.24) is 5.32 Å². The number of halogens is 1. The highest BCUT2D eigenvalue weighted by molar-refractivity contribution is 9.10. The van der Waals surface area contributed by atoms with Gasteiger partial charge in [-0.2, -0.15) is 0 Å². The number of carbonyl (C=O) groups is 2. The van der Waals surface area contributed by atoms with E-state index in [-0.39, 0.29) is 17.9 Å². The Morgan fingerprint density at radius 3 is 2.39 bits per heavy atom. The molecule has 3 amide bonds. The Morgan fingerprint density at radius 2 is 1.83 bits per heavy atom. The first kappa shape index (κ1) is 13.1. The summed E-state index contributed by atoms with van der Waals surface area (Å²) < 4.78 is 1.05. The van der Waals surface area contributed by atoms with Crippen molar-refractivity contribution in [3.8, 4) is 0 Å². The molecule has 0 aliphatic carbocycles. The monoisotopic (exact) mass is 310 g/mol. The van der Waals surface area contributed by atoms with Gasteiger partial charge >= 0.3 is 6.03 Å². The van der Waals surface area contributed by atoms with Crippen LogP contribution in [0.1, 0.15) is 18.1 Å². The standard InChI is InChI=1S/C13H15BrN2O2/c1-7-4-10(5-8(2)11(7)14)16-6-9(3)12(17)15-13(16)18/h4-5,9H,6H2,1-3H3,(H,15,17,18). The molecule has 2 rings (SSSR count). The lowest BCUT2D eigenvalue weighted by atomic mass is 10.1. The molecular weight excluding hydrogens is 296 g/mol. The topological polar surface area (TPSA) is 49.4 Å². The van der Waals surface area contributed by atoms with Gasteiger partial charge in [-0.3, -0.25) is 15.0 Å². The number of rotatable bonds is 1. The number of hydrogen-bond donors (Lipinski definition) is 1. The lowest BCUT2D eigenvalue weighted by Gasteiger charge is -2.31. The zero-order chi connectivity index (χ0) is 13.4. The average Bonchev–Trinajstić information content (AvgIpc) is 2.30. The molecular formula is C13H15BrN2O2. The fraction of sp³-hybridized carbons (Fsp3) is 0.385. The molecule has 1 unspecified atom stereocenters. The average molecular weight is 311 g/mol. The Kier molecular flexibility index (Phi) is 3.43. The number of amides is 3. The van der Waals surface area contributed by atoms with Gasteiger partial charge in [0.1, 0.15) is 0 Å². The number of carbonyl (C=O) groups excluding carboxylic acids is 2. The van der Waals surface area contributed by atoms with E-state index in [9.17, 15) is 9.59 Å². The van der Waals surface area contributed by atoms with Crippen LogP contribution in [0.25, 0.3) is 0 Å². The number of nitrogens with one attached hydrogen (secondary N) is 1. The van der Waals surface area contributed by atoms with Gasteiger partial charge in [-0.15, -0.1) is 0 Å². The fourth-order valence-corrected chi connectivity index (χ4v) is 2.27. The van der Waals surface area contributed by atoms with Crippen molar-refractivity contribution in [2.45, 2.75) is 20.8 Å². The zero-order valence-electron chi connectivity index (χ0n) is 10.6. The van der Waals surface area contributed by atoms with Crippen LogP contribution in [-0.4, -0.2) is 18.5 Å². The van der Waals surface area contributed by atoms with E-state index < -0.39 is 0 Å². The molecule has 1 fully saturated rings. The summed E-state index contributed by atoms with van der Waals surface area (Å²) in [5, 5.41) is 2.37. The molecule has 1 N–H and O–H groups in total. The maximum atomic E-state index is 11.8. The molecule has 18 heavy (non-hydrogen) atoms. The molecule has 96 valence electrons. The predicted molar refractivity (Wildman–Crippen MR) is 73.7 cm³/mol. The van der Waals surface area contributed by atoms with Crippen molar-refractivity contribution in [3.05, 3.63) is 27.7 Å². The van der Waals surface area contributed by atoms with Gasteiger partial charge in [0, 0.05) is 16.7 Å². The largest absolute Gasteiger partial charge is 0.328 e. The lowest BCUT2D eigenvalue weighted by Crippen LogP contribution is -2.53. The molecule has 1 aliphatic rings. The van der Waals surface area contributed by atoms with Crippen LogP contribution in [0.5, 0.6) is 0 Å². The maximum Gasteiger partial charge on any atom is 0.328 e. The summed E-state index contributed by atoms with van der Waals surface area (Å²) in [6.07, 6.45) is 0. The van der Waals surface area contributed by atoms with Gasteiger partial charge in [0.25, 0.3) is 0 Å². The molecule has 0 saturated carbocycles. The maximum absolute atomic E-state index is 11.8. The van der Waals surface area contributed by atoms with Gasteiger partial charge in [-0.1, -0.05) is 22.9 Å². The minimum Gasteiger partial charge on any atom is -0.293 e. The fourth-order valence-electron chi connectivity index (χ4n) is 2.04. The minimum atomic E-state index is -0.348. The van der Waals surface area contributed by atoms with Crippen LogP contribution in [0.2, 0.25) is 0 Å². The molecule has 1 aliphatic heterocycles. The van der Waals surface area contributed by atoms with Gasteiger partial charge in [0.2, 0.25) is 5.91 Å². The Labute approximate surface area is 114 Å². The van der Waals surface area contributed by atoms with Crippen LogP contribution in [0.3, 0.4) is 0 Å². The quantitative estimate of drug-likeness (QED) is 0.867. The Balaban J connectivity index is 2.37. The van der Waals surface area contributed by atoms with E-state index in [2.05, 4.69) is 21.2 Å². The molecule has 1 heterocycles. The van der Waals surface area contributed by atoms with Crippen molar-refractivity contribution in [2.75, 3.05) is 11.4 Å². The molecule has 1 saturated heterocycles. The number of hydrogen-bond acceptors (Lipinski definition) is 2. The Hall–Kier alpha value is -1.36. The van der Waals surface area contributed by atoms with Crippen molar-refractivity contribution >= 4 is 33.6 Å². The third-order valence-corrected chi connectivity index (χ3v) is 4.36. The van der Waals surface area contributed by atoms with E-state index in [1.54, 1.807) is 4.90 Å². The first-order valence-corrected chi connectivity index (χ1v) is 6.58. The van der Waals surface area contributed by atoms with Gasteiger partial charge in [0.15, 0.2) is 0 Å². The molecule has 1 aromatic rings. The number of benzene rings is 1. The van der Waals surface area contributed by atoms with Crippen LogP contribution in [0.15, 0.2) is 16.6 Å². The molecule has 0 radical (unpaired) electrons. The molecule has 1 atom stereocenters. The third-order valence-electron chi connectivity index (χ3n) is 3.11. The highest BCUT2D eigenvalue weighted by atomic mass is 79.9. The van der Waals surface area contributed by atoms with Crippen molar-refractivity contribution in [1.29, 1.82) is 0 Å². The van der Waals surface area contributed by atoms with Crippen LogP contribution in [0.4, 0.5) is 10.5 Å². The van der Waals surface area contributed by atoms with Crippen molar-refractivity contribution in [3.63, 3.8) is 0 Å². The summed E-state index contributed by atoms with van der Waals surface area (Å²) >= 11 is 3.50. The first-order chi connectivity index (χ1) is 8.40. The van der Waals surface area contributed by atoms with Crippen molar-refractivity contribution in [2.24, 2.45) is 5.92 Å². The second-order valence-corrected chi connectivity index (χ2v) is 5.49. The lowest BCUT2D eigenvalue weighted by molar-refractivity contribution is -0.123. The summed E-state index contributed by atoms with van der Waals surface area (Å²) in [5.74, 6) is -0.395. The van der Waals surface area contributed by atoms with Gasteiger partial charge in [0.05, 0.1) is 5.92 Å². The highest BCUT2D eigenvalue weighted by Crippen LogP contribution is 2.28. The molecule has 0 bridgehead atoms. The third kappa shape index (κ3) is 2.27. The van der Waals surface area contributed by atoms with Crippen molar-refractivity contribution < 1.29 is 9.59 Å². The molecule has 0 spiro atoms. The molecule has 5 heteroatoms. The number of nitrogens with zero attached hydrogens (tertiary/aromatic N) is 1. The van der Waals surface area contributed by atoms with Crippen LogP contribution < -0.4 is 10.2 Å². The van der Waals surface area contributed by atoms with E-state index in [4.69, 9.17) is 0 Å². The second kappa shape index (κ2) is 4.72. The number of urea groups is 1. The number of imide groups is 1. The number of anilines is 1. The van der Waals surface area contributed by atoms with Crippen LogP contribution in [-0.2, 0) is 4.79 Å². The van der Waals surface area contributed by atoms with E-state index in [1.165, 1.54) is 0 Å². The first-order valence-electron chi connectivity index (χ1n) is 5.79. The van der Waals surface area contributed by atoms with Gasteiger partial charge in [-0.25, -0.2) is 4.79 Å². The van der Waals surface area contributed by atoms with Crippen LogP contribution in [0, 0.1) is 19.8 Å². The second-order valence-electron chi connectivity index (χ2n) is 4.70. The Bertz CT molecular complexity index is 505. The van der Waals surface area contributed by atoms with Gasteiger partial charge in [-0.05, 0) is 37.1 Å². The summed E-state index contributed by atoms with van der Waals surface area (Å²) in [6, 6.07) is 3.54. The zero-order valence-corrected chi connectivity index (χ0v) is 12.2. The summed E-state index contributed by atoms with van der Waals surface area (Å²) in [5.41, 5.74) is 2.97. The minimum absolute atomic E-state index is 0.188. The normalized spacial score (nSPS) is 20.0. The Morgan fingerprint density at radius 1 is 1.28 bits per heavy atom. The highest BCUT2D eigenvalue weighted by Gasteiger charge is 2.30. The summed E-state index contributed by atoms with van der Waals surface area (Å²) in [6.45, 7) is 6.20. The van der Waals surface area contributed by atoms with E-state index >= 15 is 0 Å². The molecule has 0 aromatic heterocycles. The van der Waals surface area contributed by atoms with E-state index in [1.807, 2.05) is 32.9 Å². The van der Waals surface area contributed by atoms with Gasteiger partial charge < -0.3 is 0 Å². The van der Waals surface area contributed by atoms with E-state index in [0.29, 0.717) is 6.54 Å². The number of aryl methyl sites for hydroxylation is 2. The van der Waals surface area contributed by atoms with E-state index in [0.717, 1.165) is 21.3 Å². The smallest absolute Gasteiger partial charge is 0.293 e. The summed E-state index contributed by atoms with van der Waals surface area (Å²) in [7, 11) is 0. The van der Waals surface area contributed by atoms with Crippen LogP contribution >= 0.6 is 15.9 Å². The predicted octanol–water partition coefficient (Wildman–Crippen LogP) is 2.76. The molecule has 4 nitrogen and oxygen atoms in total. The summed E-state index contributed by atoms with van der Waals surface area (Å²) in [4.78, 5) is 24.9. The molecule has 1 aromatic carbocycles.